The average Bonchev–Trinajstić information content (AvgIpc) is 2.44. The van der Waals surface area contributed by atoms with Crippen molar-refractivity contribution in [2.24, 2.45) is 5.14 Å². The number of nitrogens with zero attached hydrogens (tertiary/aromatic N) is 1. The maximum atomic E-state index is 10.9. The minimum absolute atomic E-state index is 0.0485. The van der Waals surface area contributed by atoms with Crippen molar-refractivity contribution in [3.05, 3.63) is 39.9 Å². The van der Waals surface area contributed by atoms with E-state index in [1.165, 1.54) is 31.4 Å². The first-order valence-corrected chi connectivity index (χ1v) is 7.76. The van der Waals surface area contributed by atoms with Crippen LogP contribution in [0.2, 0.25) is 0 Å². The smallest absolute Gasteiger partial charge is 0.337 e. The quantitative estimate of drug-likeness (QED) is 0.497. The van der Waals surface area contributed by atoms with Crippen molar-refractivity contribution < 1.29 is 22.9 Å². The normalized spacial score (nSPS) is 10.2. The number of hydrogen-bond donors (Lipinski definition) is 1. The molecule has 0 radical (unpaired) electrons. The second-order valence-corrected chi connectivity index (χ2v) is 5.75. The largest absolute Gasteiger partial charge is 0.465 e. The minimum Gasteiger partial charge on any atom is -0.465 e. The lowest BCUT2D eigenvalue weighted by Crippen LogP contribution is -2.15. The molecule has 0 bridgehead atoms. The Bertz CT molecular complexity index is 568. The summed E-state index contributed by atoms with van der Waals surface area (Å²) in [7, 11) is -1.93. The first kappa shape index (κ1) is 19.0. The fourth-order valence-electron chi connectivity index (χ4n) is 1.18. The van der Waals surface area contributed by atoms with Crippen molar-refractivity contribution in [3.8, 4) is 0 Å². The molecule has 0 atom stereocenters. The maximum absolute atomic E-state index is 10.9. The van der Waals surface area contributed by atoms with Crippen LogP contribution in [0, 0.1) is 10.1 Å². The summed E-state index contributed by atoms with van der Waals surface area (Å²) in [5.41, 5.74) is 0.251. The molecular weight excluding hydrogens is 300 g/mol. The summed E-state index contributed by atoms with van der Waals surface area (Å²) >= 11 is 0. The van der Waals surface area contributed by atoms with E-state index < -0.39 is 20.9 Å². The summed E-state index contributed by atoms with van der Waals surface area (Å²) in [4.78, 5) is 20.6. The van der Waals surface area contributed by atoms with Gasteiger partial charge in [-0.1, -0.05) is 13.3 Å². The molecule has 0 spiro atoms. The predicted molar refractivity (Wildman–Crippen MR) is 77.3 cm³/mol. The van der Waals surface area contributed by atoms with Gasteiger partial charge in [0, 0.05) is 12.1 Å². The van der Waals surface area contributed by atoms with Crippen LogP contribution in [0.1, 0.15) is 30.1 Å². The molecule has 0 aliphatic heterocycles. The fourth-order valence-corrected chi connectivity index (χ4v) is 1.87. The predicted octanol–water partition coefficient (Wildman–Crippen LogP) is 1.46. The summed E-state index contributed by atoms with van der Waals surface area (Å²) in [5.74, 6) is -0.390. The highest BCUT2D eigenvalue weighted by Gasteiger charge is 2.08. The third-order valence-electron chi connectivity index (χ3n) is 2.28. The number of hydrogen-bond acceptors (Lipinski definition) is 6. The van der Waals surface area contributed by atoms with Gasteiger partial charge < -0.3 is 4.74 Å². The van der Waals surface area contributed by atoms with Crippen molar-refractivity contribution in [1.82, 2.24) is 0 Å². The van der Waals surface area contributed by atoms with Gasteiger partial charge in [0.25, 0.3) is 5.69 Å². The van der Waals surface area contributed by atoms with Gasteiger partial charge in [0.05, 0.1) is 23.3 Å². The molecule has 0 saturated heterocycles. The molecule has 0 unspecified atom stereocenters. The zero-order valence-corrected chi connectivity index (χ0v) is 12.6. The molecular formula is C12H18N2O6S. The Labute approximate surface area is 123 Å². The number of benzene rings is 1. The molecule has 8 nitrogen and oxygen atoms in total. The van der Waals surface area contributed by atoms with Crippen molar-refractivity contribution in [2.75, 3.05) is 12.9 Å². The lowest BCUT2D eigenvalue weighted by atomic mass is 10.2. The van der Waals surface area contributed by atoms with Gasteiger partial charge in [0.15, 0.2) is 0 Å². The Morgan fingerprint density at radius 3 is 2.14 bits per heavy atom. The first-order chi connectivity index (χ1) is 9.71. The summed E-state index contributed by atoms with van der Waals surface area (Å²) in [6.45, 7) is 1.92. The number of carbonyl (C=O) groups excluding carboxylic acids is 1. The second kappa shape index (κ2) is 9.03. The van der Waals surface area contributed by atoms with Crippen LogP contribution in [-0.2, 0) is 14.8 Å². The Morgan fingerprint density at radius 2 is 1.86 bits per heavy atom. The zero-order valence-electron chi connectivity index (χ0n) is 11.8. The van der Waals surface area contributed by atoms with E-state index in [1.54, 1.807) is 0 Å². The van der Waals surface area contributed by atoms with Gasteiger partial charge in [0.2, 0.25) is 10.0 Å². The van der Waals surface area contributed by atoms with E-state index in [4.69, 9.17) is 5.14 Å². The molecule has 0 aliphatic rings. The maximum Gasteiger partial charge on any atom is 0.337 e. The average molecular weight is 318 g/mol. The van der Waals surface area contributed by atoms with Gasteiger partial charge in [0.1, 0.15) is 0 Å². The Kier molecular flexibility index (Phi) is 8.17. The topological polar surface area (TPSA) is 130 Å². The van der Waals surface area contributed by atoms with E-state index in [2.05, 4.69) is 4.74 Å². The van der Waals surface area contributed by atoms with Crippen LogP contribution < -0.4 is 5.14 Å². The van der Waals surface area contributed by atoms with Crippen LogP contribution in [-0.4, -0.2) is 32.2 Å². The van der Waals surface area contributed by atoms with Crippen LogP contribution in [0.25, 0.3) is 0 Å². The molecule has 1 aromatic rings. The van der Waals surface area contributed by atoms with Crippen molar-refractivity contribution in [3.63, 3.8) is 0 Å². The Morgan fingerprint density at radius 1 is 1.33 bits per heavy atom. The van der Waals surface area contributed by atoms with E-state index in [0.717, 1.165) is 6.42 Å². The molecule has 118 valence electrons. The highest BCUT2D eigenvalue weighted by atomic mass is 32.2. The number of methoxy groups -OCH3 is 1. The Balaban J connectivity index is 0.000000433. The highest BCUT2D eigenvalue weighted by Crippen LogP contribution is 2.12. The molecule has 9 heteroatoms. The molecule has 21 heavy (non-hydrogen) atoms. The van der Waals surface area contributed by atoms with E-state index in [1.807, 2.05) is 6.92 Å². The number of rotatable bonds is 5. The Hall–Kier alpha value is -2.00. The lowest BCUT2D eigenvalue weighted by Gasteiger charge is -1.97. The number of sulfonamides is 1. The zero-order chi connectivity index (χ0) is 16.5. The molecule has 0 aliphatic carbocycles. The van der Waals surface area contributed by atoms with Crippen LogP contribution >= 0.6 is 0 Å². The molecule has 2 N–H and O–H groups in total. The van der Waals surface area contributed by atoms with Gasteiger partial charge in [-0.15, -0.1) is 0 Å². The molecule has 0 amide bonds. The van der Waals surface area contributed by atoms with Crippen LogP contribution in [0.3, 0.4) is 0 Å². The number of non-ortho nitro benzene ring substituents is 1. The summed E-state index contributed by atoms with van der Waals surface area (Å²) < 4.78 is 24.8. The minimum atomic E-state index is -3.19. The number of carbonyl (C=O) groups is 1. The SMILES string of the molecule is CCCCS(N)(=O)=O.COC(=O)c1ccc([N+](=O)[O-])cc1. The number of nitro benzene ring substituents is 1. The molecule has 0 aromatic heterocycles. The third-order valence-corrected chi connectivity index (χ3v) is 3.14. The standard InChI is InChI=1S/C8H7NO4.C4H11NO2S/c1-13-8(10)6-2-4-7(5-3-6)9(11)12;1-2-3-4-8(5,6)7/h2-5H,1H3;2-4H2,1H3,(H2,5,6,7). The number of ether oxygens (including phenoxy) is 1. The van der Waals surface area contributed by atoms with Gasteiger partial charge >= 0.3 is 5.97 Å². The second-order valence-electron chi connectivity index (χ2n) is 4.02. The summed E-state index contributed by atoms with van der Waals surface area (Å²) in [5, 5.41) is 14.9. The van der Waals surface area contributed by atoms with Crippen molar-refractivity contribution in [2.45, 2.75) is 19.8 Å². The molecule has 0 saturated carbocycles. The first-order valence-electron chi connectivity index (χ1n) is 6.04. The molecule has 1 rings (SSSR count). The fraction of sp³-hybridized carbons (Fsp3) is 0.417. The van der Waals surface area contributed by atoms with E-state index in [0.29, 0.717) is 12.0 Å². The number of nitro groups is 1. The van der Waals surface area contributed by atoms with E-state index in [-0.39, 0.29) is 11.4 Å². The highest BCUT2D eigenvalue weighted by molar-refractivity contribution is 7.89. The van der Waals surface area contributed by atoms with E-state index in [9.17, 15) is 23.3 Å². The van der Waals surface area contributed by atoms with Gasteiger partial charge in [-0.2, -0.15) is 0 Å². The number of unbranched alkanes of at least 4 members (excludes halogenated alkanes) is 1. The number of primary sulfonamides is 1. The third kappa shape index (κ3) is 8.71. The number of nitrogens with two attached hydrogens (primary N) is 1. The molecule has 1 aromatic carbocycles. The van der Waals surface area contributed by atoms with Crippen LogP contribution in [0.5, 0.6) is 0 Å². The van der Waals surface area contributed by atoms with Gasteiger partial charge in [-0.25, -0.2) is 18.4 Å². The van der Waals surface area contributed by atoms with Crippen molar-refractivity contribution in [1.29, 1.82) is 0 Å². The van der Waals surface area contributed by atoms with Gasteiger partial charge in [-0.3, -0.25) is 10.1 Å². The lowest BCUT2D eigenvalue weighted by molar-refractivity contribution is -0.384. The van der Waals surface area contributed by atoms with E-state index >= 15 is 0 Å². The monoisotopic (exact) mass is 318 g/mol. The molecule has 0 fully saturated rings. The summed E-state index contributed by atoms with van der Waals surface area (Å²) in [6.07, 6.45) is 1.54. The number of esters is 1. The van der Waals surface area contributed by atoms with Crippen LogP contribution in [0.4, 0.5) is 5.69 Å². The molecule has 0 heterocycles. The summed E-state index contributed by atoms with van der Waals surface area (Å²) in [6, 6.07) is 5.21. The van der Waals surface area contributed by atoms with Gasteiger partial charge in [-0.05, 0) is 18.6 Å². The van der Waals surface area contributed by atoms with Crippen molar-refractivity contribution >= 4 is 21.7 Å². The van der Waals surface area contributed by atoms with Crippen LogP contribution in [0.15, 0.2) is 24.3 Å².